The number of β-amino-alcohol motifs (C(OH)–C–C–N with tert-alkyl or cyclic N) is 1. The second-order valence-electron chi connectivity index (χ2n) is 9.84. The first-order valence-corrected chi connectivity index (χ1v) is 12.0. The van der Waals surface area contributed by atoms with Crippen molar-refractivity contribution in [3.05, 3.63) is 70.8 Å². The van der Waals surface area contributed by atoms with Crippen LogP contribution in [0.25, 0.3) is 32.9 Å². The molecule has 0 radical (unpaired) electrons. The third-order valence-electron chi connectivity index (χ3n) is 8.15. The number of likely N-dealkylation sites (tertiary alicyclic amines) is 1. The van der Waals surface area contributed by atoms with Crippen molar-refractivity contribution in [1.82, 2.24) is 15.2 Å². The van der Waals surface area contributed by atoms with Gasteiger partial charge in [0.2, 0.25) is 0 Å². The number of rotatable bonds is 2. The third kappa shape index (κ3) is 2.47. The number of para-hydroxylation sites is 1. The molecule has 7 rings (SSSR count). The predicted molar refractivity (Wildman–Crippen MR) is 131 cm³/mol. The first-order chi connectivity index (χ1) is 16.1. The molecule has 2 unspecified atom stereocenters. The highest BCUT2D eigenvalue weighted by atomic mass is 16.3. The number of H-pyrrole nitrogens is 1. The smallest absolute Gasteiger partial charge is 0.252 e. The third-order valence-corrected chi connectivity index (χ3v) is 8.15. The molecule has 5 nitrogen and oxygen atoms in total. The summed E-state index contributed by atoms with van der Waals surface area (Å²) in [6.45, 7) is 5.30. The maximum Gasteiger partial charge on any atom is 0.252 e. The van der Waals surface area contributed by atoms with Gasteiger partial charge in [0.15, 0.2) is 0 Å². The van der Waals surface area contributed by atoms with Gasteiger partial charge in [0.05, 0.1) is 16.7 Å². The Balaban J connectivity index is 1.62. The molecule has 3 N–H and O–H groups in total. The summed E-state index contributed by atoms with van der Waals surface area (Å²) in [6.07, 6.45) is 1.73. The topological polar surface area (TPSA) is 68.4 Å². The summed E-state index contributed by atoms with van der Waals surface area (Å²) in [5.41, 5.74) is 7.47. The maximum absolute atomic E-state index is 13.2. The molecule has 2 aliphatic heterocycles. The van der Waals surface area contributed by atoms with Crippen LogP contribution < -0.4 is 5.32 Å². The first kappa shape index (κ1) is 19.3. The zero-order chi connectivity index (χ0) is 22.3. The number of piperidine rings is 1. The van der Waals surface area contributed by atoms with Crippen molar-refractivity contribution in [3.63, 3.8) is 0 Å². The van der Waals surface area contributed by atoms with E-state index in [0.29, 0.717) is 13.1 Å². The molecule has 0 spiro atoms. The van der Waals surface area contributed by atoms with Crippen molar-refractivity contribution in [1.29, 1.82) is 0 Å². The van der Waals surface area contributed by atoms with Crippen LogP contribution >= 0.6 is 0 Å². The van der Waals surface area contributed by atoms with Gasteiger partial charge in [-0.15, -0.1) is 0 Å². The molecule has 5 heteroatoms. The Hall–Kier alpha value is -3.15. The molecule has 3 aromatic carbocycles. The molecule has 0 saturated carbocycles. The molecule has 1 fully saturated rings. The summed E-state index contributed by atoms with van der Waals surface area (Å²) >= 11 is 0. The van der Waals surface area contributed by atoms with E-state index >= 15 is 0 Å². The minimum Gasteiger partial charge on any atom is -0.388 e. The Kier molecular flexibility index (Phi) is 3.92. The lowest BCUT2D eigenvalue weighted by Crippen LogP contribution is -2.51. The SMILES string of the molecule is CCN1CCCC(O)(C2c3ccccc3-c3c4c(c5c([nH]c6ccccc65)c32)CNC4=O)C1. The highest BCUT2D eigenvalue weighted by molar-refractivity contribution is 6.20. The van der Waals surface area contributed by atoms with Gasteiger partial charge in [-0.25, -0.2) is 0 Å². The minimum atomic E-state index is -0.886. The van der Waals surface area contributed by atoms with Crippen LogP contribution in [-0.2, 0) is 6.54 Å². The quantitative estimate of drug-likeness (QED) is 0.432. The minimum absolute atomic E-state index is 0.00490. The molecule has 3 heterocycles. The van der Waals surface area contributed by atoms with Crippen LogP contribution in [0.1, 0.15) is 52.7 Å². The number of benzene rings is 3. The van der Waals surface area contributed by atoms with E-state index in [0.717, 1.165) is 81.1 Å². The molecule has 33 heavy (non-hydrogen) atoms. The van der Waals surface area contributed by atoms with E-state index < -0.39 is 5.60 Å². The van der Waals surface area contributed by atoms with Crippen LogP contribution in [0, 0.1) is 0 Å². The molecule has 1 aromatic heterocycles. The van der Waals surface area contributed by atoms with Gasteiger partial charge in [-0.3, -0.25) is 4.79 Å². The normalized spacial score (nSPS) is 24.2. The van der Waals surface area contributed by atoms with E-state index in [1.54, 1.807) is 0 Å². The number of hydrogen-bond acceptors (Lipinski definition) is 3. The van der Waals surface area contributed by atoms with E-state index in [1.807, 2.05) is 12.1 Å². The zero-order valence-electron chi connectivity index (χ0n) is 18.7. The van der Waals surface area contributed by atoms with E-state index in [4.69, 9.17) is 0 Å². The molecule has 4 aromatic rings. The van der Waals surface area contributed by atoms with Gasteiger partial charge in [-0.05, 0) is 54.3 Å². The standard InChI is InChI=1S/C28H27N3O2/c1-2-31-13-7-12-28(33,15-31)25-17-9-4-3-8-16(17)22-23-19(14-29-27(23)32)21-18-10-5-6-11-20(18)30-26(21)24(22)25/h3-6,8-11,25,30,33H,2,7,12-15H2,1H3,(H,29,32). The Morgan fingerprint density at radius 2 is 1.94 bits per heavy atom. The number of likely N-dealkylation sites (N-methyl/N-ethyl adjacent to an activating group) is 1. The van der Waals surface area contributed by atoms with Gasteiger partial charge in [0.25, 0.3) is 5.91 Å². The summed E-state index contributed by atoms with van der Waals surface area (Å²) < 4.78 is 0. The second-order valence-corrected chi connectivity index (χ2v) is 9.84. The first-order valence-electron chi connectivity index (χ1n) is 12.0. The number of amides is 1. The number of carbonyl (C=O) groups excluding carboxylic acids is 1. The fourth-order valence-electron chi connectivity index (χ4n) is 6.80. The van der Waals surface area contributed by atoms with Crippen LogP contribution in [0.5, 0.6) is 0 Å². The van der Waals surface area contributed by atoms with Gasteiger partial charge >= 0.3 is 0 Å². The lowest BCUT2D eigenvalue weighted by atomic mass is 9.74. The molecule has 166 valence electrons. The highest BCUT2D eigenvalue weighted by Gasteiger charge is 2.49. The number of nitrogens with zero attached hydrogens (tertiary/aromatic N) is 1. The number of aromatic nitrogens is 1. The molecular formula is C28H27N3O2. The van der Waals surface area contributed by atoms with Gasteiger partial charge in [0.1, 0.15) is 0 Å². The lowest BCUT2D eigenvalue weighted by molar-refractivity contribution is -0.0404. The van der Waals surface area contributed by atoms with Crippen LogP contribution in [-0.4, -0.2) is 46.1 Å². The number of hydrogen-bond donors (Lipinski definition) is 3. The van der Waals surface area contributed by atoms with Crippen molar-refractivity contribution in [3.8, 4) is 11.1 Å². The van der Waals surface area contributed by atoms with Crippen molar-refractivity contribution < 1.29 is 9.90 Å². The van der Waals surface area contributed by atoms with E-state index in [-0.39, 0.29) is 11.8 Å². The Labute approximate surface area is 192 Å². The Morgan fingerprint density at radius 3 is 2.82 bits per heavy atom. The van der Waals surface area contributed by atoms with Crippen LogP contribution in [0.15, 0.2) is 48.5 Å². The highest BCUT2D eigenvalue weighted by Crippen LogP contribution is 2.56. The molecule has 3 aliphatic rings. The van der Waals surface area contributed by atoms with E-state index in [9.17, 15) is 9.90 Å². The zero-order valence-corrected chi connectivity index (χ0v) is 18.7. The second kappa shape index (κ2) is 6.69. The maximum atomic E-state index is 13.2. The average Bonchev–Trinajstić information content (AvgIpc) is 3.50. The summed E-state index contributed by atoms with van der Waals surface area (Å²) in [5, 5.41) is 17.6. The van der Waals surface area contributed by atoms with Crippen molar-refractivity contribution >= 4 is 27.7 Å². The number of carbonyl (C=O) groups is 1. The summed E-state index contributed by atoms with van der Waals surface area (Å²) in [5.74, 6) is -0.179. The fraction of sp³-hybridized carbons (Fsp3) is 0.321. The fourth-order valence-corrected chi connectivity index (χ4v) is 6.80. The van der Waals surface area contributed by atoms with Gasteiger partial charge in [0, 0.05) is 40.9 Å². The van der Waals surface area contributed by atoms with Crippen LogP contribution in [0.4, 0.5) is 0 Å². The molecule has 1 saturated heterocycles. The summed E-state index contributed by atoms with van der Waals surface area (Å²) in [4.78, 5) is 19.3. The Bertz CT molecular complexity index is 1470. The number of aliphatic hydroxyl groups is 1. The largest absolute Gasteiger partial charge is 0.388 e. The number of aromatic amines is 1. The summed E-state index contributed by atoms with van der Waals surface area (Å²) in [7, 11) is 0. The van der Waals surface area contributed by atoms with Crippen molar-refractivity contribution in [2.75, 3.05) is 19.6 Å². The molecular weight excluding hydrogens is 410 g/mol. The van der Waals surface area contributed by atoms with Crippen LogP contribution in [0.2, 0.25) is 0 Å². The van der Waals surface area contributed by atoms with Crippen molar-refractivity contribution in [2.45, 2.75) is 37.8 Å². The summed E-state index contributed by atoms with van der Waals surface area (Å²) in [6, 6.07) is 16.7. The van der Waals surface area contributed by atoms with Gasteiger partial charge in [-0.1, -0.05) is 49.4 Å². The average molecular weight is 438 g/mol. The molecule has 1 amide bonds. The molecule has 1 aliphatic carbocycles. The molecule has 0 bridgehead atoms. The number of nitrogens with one attached hydrogen (secondary N) is 2. The molecule has 2 atom stereocenters. The van der Waals surface area contributed by atoms with Gasteiger partial charge < -0.3 is 20.3 Å². The van der Waals surface area contributed by atoms with E-state index in [2.05, 4.69) is 58.5 Å². The predicted octanol–water partition coefficient (Wildman–Crippen LogP) is 4.52. The Morgan fingerprint density at radius 1 is 1.12 bits per heavy atom. The van der Waals surface area contributed by atoms with Crippen LogP contribution in [0.3, 0.4) is 0 Å². The van der Waals surface area contributed by atoms with E-state index in [1.165, 1.54) is 0 Å². The van der Waals surface area contributed by atoms with Gasteiger partial charge in [-0.2, -0.15) is 0 Å². The monoisotopic (exact) mass is 437 g/mol. The number of fused-ring (bicyclic) bond motifs is 10. The lowest BCUT2D eigenvalue weighted by Gasteiger charge is -2.43. The van der Waals surface area contributed by atoms with Crippen molar-refractivity contribution in [2.24, 2.45) is 0 Å².